The number of nitrogens with zero attached hydrogens (tertiary/aromatic N) is 1. The first kappa shape index (κ1) is 13.6. The summed E-state index contributed by atoms with van der Waals surface area (Å²) in [6, 6.07) is 0. The van der Waals surface area contributed by atoms with Crippen LogP contribution in [0.2, 0.25) is 0 Å². The zero-order chi connectivity index (χ0) is 12.1. The predicted octanol–water partition coefficient (Wildman–Crippen LogP) is 0.0117. The maximum Gasteiger partial charge on any atom is 0.279 e. The SMILES string of the molecule is O=S(=O)(NCC1CCCCS1)N1CCNCC1. The molecule has 7 heteroatoms. The van der Waals surface area contributed by atoms with E-state index in [0.717, 1.165) is 19.5 Å². The molecule has 0 bridgehead atoms. The van der Waals surface area contributed by atoms with E-state index >= 15 is 0 Å². The fraction of sp³-hybridized carbons (Fsp3) is 1.00. The van der Waals surface area contributed by atoms with Gasteiger partial charge in [-0.15, -0.1) is 0 Å². The molecule has 2 saturated heterocycles. The van der Waals surface area contributed by atoms with Crippen LogP contribution in [0, 0.1) is 0 Å². The van der Waals surface area contributed by atoms with Gasteiger partial charge >= 0.3 is 0 Å². The number of nitrogens with one attached hydrogen (secondary N) is 2. The standard InChI is InChI=1S/C10H21N3O2S2/c14-17(15,13-6-4-11-5-7-13)12-9-10-3-1-2-8-16-10/h10-12H,1-9H2. The second-order valence-electron chi connectivity index (χ2n) is 4.49. The van der Waals surface area contributed by atoms with Gasteiger partial charge in [-0.25, -0.2) is 4.72 Å². The molecule has 0 radical (unpaired) electrons. The van der Waals surface area contributed by atoms with Gasteiger partial charge in [0.2, 0.25) is 0 Å². The van der Waals surface area contributed by atoms with E-state index in [-0.39, 0.29) is 0 Å². The van der Waals surface area contributed by atoms with Gasteiger partial charge in [0, 0.05) is 38.0 Å². The Morgan fingerprint density at radius 3 is 2.71 bits per heavy atom. The largest absolute Gasteiger partial charge is 0.314 e. The minimum Gasteiger partial charge on any atom is -0.314 e. The molecule has 2 rings (SSSR count). The maximum atomic E-state index is 12.0. The van der Waals surface area contributed by atoms with Crippen LogP contribution in [-0.4, -0.2) is 56.4 Å². The first-order valence-electron chi connectivity index (χ1n) is 6.25. The summed E-state index contributed by atoms with van der Waals surface area (Å²) in [4.78, 5) is 0. The lowest BCUT2D eigenvalue weighted by Crippen LogP contribution is -2.51. The molecule has 0 spiro atoms. The van der Waals surface area contributed by atoms with Gasteiger partial charge in [0.05, 0.1) is 0 Å². The number of hydrogen-bond acceptors (Lipinski definition) is 4. The van der Waals surface area contributed by atoms with E-state index in [9.17, 15) is 8.42 Å². The summed E-state index contributed by atoms with van der Waals surface area (Å²) in [5.74, 6) is 1.17. The van der Waals surface area contributed by atoms with E-state index < -0.39 is 10.2 Å². The molecule has 1 atom stereocenters. The Bertz CT molecular complexity index is 322. The molecule has 0 aromatic rings. The van der Waals surface area contributed by atoms with Crippen LogP contribution in [0.1, 0.15) is 19.3 Å². The molecule has 17 heavy (non-hydrogen) atoms. The zero-order valence-electron chi connectivity index (χ0n) is 10.0. The number of thioether (sulfide) groups is 1. The van der Waals surface area contributed by atoms with Crippen molar-refractivity contribution in [2.75, 3.05) is 38.5 Å². The van der Waals surface area contributed by atoms with Gasteiger partial charge < -0.3 is 5.32 Å². The molecule has 2 N–H and O–H groups in total. The van der Waals surface area contributed by atoms with Crippen LogP contribution in [0.25, 0.3) is 0 Å². The van der Waals surface area contributed by atoms with Crippen molar-refractivity contribution in [1.29, 1.82) is 0 Å². The summed E-state index contributed by atoms with van der Waals surface area (Å²) in [6.45, 7) is 3.23. The lowest BCUT2D eigenvalue weighted by molar-refractivity contribution is 0.354. The highest BCUT2D eigenvalue weighted by molar-refractivity contribution is 8.00. The Hall–Kier alpha value is 0.180. The fourth-order valence-electron chi connectivity index (χ4n) is 2.14. The van der Waals surface area contributed by atoms with Crippen molar-refractivity contribution in [2.24, 2.45) is 0 Å². The average molecular weight is 279 g/mol. The zero-order valence-corrected chi connectivity index (χ0v) is 11.7. The number of hydrogen-bond donors (Lipinski definition) is 2. The lowest BCUT2D eigenvalue weighted by atomic mass is 10.2. The first-order valence-corrected chi connectivity index (χ1v) is 8.74. The highest BCUT2D eigenvalue weighted by Gasteiger charge is 2.24. The van der Waals surface area contributed by atoms with Gasteiger partial charge in [0.15, 0.2) is 0 Å². The van der Waals surface area contributed by atoms with Gasteiger partial charge in [0.1, 0.15) is 0 Å². The summed E-state index contributed by atoms with van der Waals surface area (Å²) in [5.41, 5.74) is 0. The highest BCUT2D eigenvalue weighted by atomic mass is 32.2. The normalized spacial score (nSPS) is 28.1. The molecule has 5 nitrogen and oxygen atoms in total. The topological polar surface area (TPSA) is 61.4 Å². The van der Waals surface area contributed by atoms with Gasteiger partial charge in [-0.3, -0.25) is 0 Å². The van der Waals surface area contributed by atoms with Gasteiger partial charge in [0.25, 0.3) is 10.2 Å². The first-order chi connectivity index (χ1) is 8.18. The molecule has 100 valence electrons. The smallest absolute Gasteiger partial charge is 0.279 e. The number of rotatable bonds is 4. The van der Waals surface area contributed by atoms with Crippen LogP contribution in [0.15, 0.2) is 0 Å². The average Bonchev–Trinajstić information content (AvgIpc) is 2.39. The Kier molecular flexibility index (Phi) is 5.10. The molecule has 0 aromatic heterocycles. The minimum absolute atomic E-state index is 0.460. The van der Waals surface area contributed by atoms with Crippen LogP contribution in [0.4, 0.5) is 0 Å². The van der Waals surface area contributed by atoms with Crippen LogP contribution in [0.5, 0.6) is 0 Å². The summed E-state index contributed by atoms with van der Waals surface area (Å²) >= 11 is 1.89. The van der Waals surface area contributed by atoms with E-state index in [1.165, 1.54) is 22.9 Å². The highest BCUT2D eigenvalue weighted by Crippen LogP contribution is 2.24. The molecule has 1 unspecified atom stereocenters. The molecule has 2 aliphatic heterocycles. The van der Waals surface area contributed by atoms with Crippen LogP contribution >= 0.6 is 11.8 Å². The third-order valence-electron chi connectivity index (χ3n) is 3.18. The van der Waals surface area contributed by atoms with E-state index in [1.54, 1.807) is 0 Å². The van der Waals surface area contributed by atoms with E-state index in [4.69, 9.17) is 0 Å². The molecule has 0 amide bonds. The summed E-state index contributed by atoms with van der Waals surface area (Å²) in [5, 5.41) is 3.61. The summed E-state index contributed by atoms with van der Waals surface area (Å²) < 4.78 is 28.3. The van der Waals surface area contributed by atoms with Crippen molar-refractivity contribution in [1.82, 2.24) is 14.3 Å². The maximum absolute atomic E-state index is 12.0. The molecular weight excluding hydrogens is 258 g/mol. The van der Waals surface area contributed by atoms with Crippen molar-refractivity contribution < 1.29 is 8.42 Å². The van der Waals surface area contributed by atoms with Gasteiger partial charge in [-0.05, 0) is 18.6 Å². The fourth-order valence-corrected chi connectivity index (χ4v) is 4.74. The van der Waals surface area contributed by atoms with Crippen molar-refractivity contribution in [3.63, 3.8) is 0 Å². The van der Waals surface area contributed by atoms with Crippen molar-refractivity contribution in [3.05, 3.63) is 0 Å². The van der Waals surface area contributed by atoms with Crippen LogP contribution in [-0.2, 0) is 10.2 Å². The third-order valence-corrected chi connectivity index (χ3v) is 6.16. The lowest BCUT2D eigenvalue weighted by Gasteiger charge is -2.28. The Labute approximate surface area is 108 Å². The molecule has 0 aliphatic carbocycles. The Morgan fingerprint density at radius 1 is 1.29 bits per heavy atom. The van der Waals surface area contributed by atoms with E-state index in [1.807, 2.05) is 11.8 Å². The molecular formula is C10H21N3O2S2. The predicted molar refractivity (Wildman–Crippen MR) is 71.5 cm³/mol. The van der Waals surface area contributed by atoms with E-state index in [0.29, 0.717) is 24.9 Å². The van der Waals surface area contributed by atoms with Crippen molar-refractivity contribution in [2.45, 2.75) is 24.5 Å². The Morgan fingerprint density at radius 2 is 2.06 bits per heavy atom. The van der Waals surface area contributed by atoms with E-state index in [2.05, 4.69) is 10.0 Å². The minimum atomic E-state index is -3.25. The van der Waals surface area contributed by atoms with Crippen molar-refractivity contribution >= 4 is 22.0 Å². The molecule has 0 saturated carbocycles. The molecule has 0 aromatic carbocycles. The second kappa shape index (κ2) is 6.38. The number of piperazine rings is 1. The quantitative estimate of drug-likeness (QED) is 0.761. The Balaban J connectivity index is 1.79. The van der Waals surface area contributed by atoms with Crippen molar-refractivity contribution in [3.8, 4) is 0 Å². The third kappa shape index (κ3) is 4.10. The van der Waals surface area contributed by atoms with Gasteiger partial charge in [-0.2, -0.15) is 24.5 Å². The van der Waals surface area contributed by atoms with Crippen LogP contribution < -0.4 is 10.0 Å². The monoisotopic (exact) mass is 279 g/mol. The van der Waals surface area contributed by atoms with Crippen LogP contribution in [0.3, 0.4) is 0 Å². The summed E-state index contributed by atoms with van der Waals surface area (Å²) in [6.07, 6.45) is 3.63. The molecule has 2 heterocycles. The summed E-state index contributed by atoms with van der Waals surface area (Å²) in [7, 11) is -3.25. The molecule has 2 fully saturated rings. The second-order valence-corrected chi connectivity index (χ2v) is 7.65. The van der Waals surface area contributed by atoms with Gasteiger partial charge in [-0.1, -0.05) is 6.42 Å². The molecule has 2 aliphatic rings.